The van der Waals surface area contributed by atoms with Gasteiger partial charge in [-0.1, -0.05) is 24.3 Å². The van der Waals surface area contributed by atoms with Crippen molar-refractivity contribution >= 4 is 11.7 Å². The van der Waals surface area contributed by atoms with E-state index >= 15 is 0 Å². The van der Waals surface area contributed by atoms with Crippen molar-refractivity contribution in [2.45, 2.75) is 12.1 Å². The first kappa shape index (κ1) is 12.2. The number of nitrogens with zero attached hydrogens (tertiary/aromatic N) is 1. The number of carbonyl (C=O) groups excluding carboxylic acids is 1. The highest BCUT2D eigenvalue weighted by Gasteiger charge is 2.24. The molecular formula is C11H12N2O3. The summed E-state index contributed by atoms with van der Waals surface area (Å²) in [6.45, 7) is 6.77. The van der Waals surface area contributed by atoms with E-state index < -0.39 is 18.1 Å². The summed E-state index contributed by atoms with van der Waals surface area (Å²) in [6.07, 6.45) is -1.13. The first-order chi connectivity index (χ1) is 7.60. The molecule has 0 aliphatic rings. The highest BCUT2D eigenvalue weighted by atomic mass is 16.5. The zero-order valence-corrected chi connectivity index (χ0v) is 8.75. The minimum atomic E-state index is -1.13. The summed E-state index contributed by atoms with van der Waals surface area (Å²) in [5.74, 6) is -0.679. The van der Waals surface area contributed by atoms with Gasteiger partial charge in [0, 0.05) is 0 Å². The molecule has 0 radical (unpaired) electrons. The quantitative estimate of drug-likeness (QED) is 0.582. The number of rotatable bonds is 3. The van der Waals surface area contributed by atoms with Crippen LogP contribution in [0.1, 0.15) is 11.7 Å². The second-order valence-electron chi connectivity index (χ2n) is 3.20. The summed E-state index contributed by atoms with van der Waals surface area (Å²) in [5.41, 5.74) is 6.43. The SMILES string of the molecule is [C-]#[N+]c1ccc([C@@H](O)[C@H](N)C(=O)OC)cc1. The monoisotopic (exact) mass is 220 g/mol. The van der Waals surface area contributed by atoms with Crippen LogP contribution in [-0.2, 0) is 9.53 Å². The topological polar surface area (TPSA) is 76.9 Å². The number of benzene rings is 1. The molecule has 16 heavy (non-hydrogen) atoms. The van der Waals surface area contributed by atoms with Crippen molar-refractivity contribution in [1.29, 1.82) is 0 Å². The molecule has 1 rings (SSSR count). The van der Waals surface area contributed by atoms with Crippen molar-refractivity contribution in [2.24, 2.45) is 5.73 Å². The van der Waals surface area contributed by atoms with E-state index in [0.29, 0.717) is 11.3 Å². The normalized spacial score (nSPS) is 13.6. The van der Waals surface area contributed by atoms with Crippen LogP contribution in [0.3, 0.4) is 0 Å². The molecule has 0 aromatic heterocycles. The summed E-state index contributed by atoms with van der Waals surface area (Å²) in [4.78, 5) is 14.3. The maximum atomic E-state index is 11.1. The van der Waals surface area contributed by atoms with Gasteiger partial charge in [0.1, 0.15) is 12.1 Å². The molecule has 0 unspecified atom stereocenters. The van der Waals surface area contributed by atoms with Gasteiger partial charge in [-0.2, -0.15) is 0 Å². The average Bonchev–Trinajstić information content (AvgIpc) is 2.36. The molecule has 0 amide bonds. The fourth-order valence-electron chi connectivity index (χ4n) is 1.22. The van der Waals surface area contributed by atoms with Gasteiger partial charge in [-0.25, -0.2) is 4.85 Å². The van der Waals surface area contributed by atoms with Crippen LogP contribution in [-0.4, -0.2) is 24.2 Å². The Bertz CT molecular complexity index is 408. The van der Waals surface area contributed by atoms with Gasteiger partial charge in [0.05, 0.1) is 13.7 Å². The highest BCUT2D eigenvalue weighted by molar-refractivity contribution is 5.76. The number of esters is 1. The lowest BCUT2D eigenvalue weighted by atomic mass is 10.0. The minimum Gasteiger partial charge on any atom is -0.468 e. The second kappa shape index (κ2) is 5.26. The van der Waals surface area contributed by atoms with Crippen LogP contribution in [0.2, 0.25) is 0 Å². The fraction of sp³-hybridized carbons (Fsp3) is 0.273. The molecule has 84 valence electrons. The van der Waals surface area contributed by atoms with Crippen molar-refractivity contribution in [3.63, 3.8) is 0 Å². The van der Waals surface area contributed by atoms with Crippen LogP contribution in [0.15, 0.2) is 24.3 Å². The Kier molecular flexibility index (Phi) is 4.00. The molecule has 3 N–H and O–H groups in total. The molecule has 2 atom stereocenters. The molecule has 0 aliphatic heterocycles. The van der Waals surface area contributed by atoms with Crippen molar-refractivity contribution < 1.29 is 14.6 Å². The molecule has 0 heterocycles. The van der Waals surface area contributed by atoms with Crippen LogP contribution in [0.4, 0.5) is 5.69 Å². The number of nitrogens with two attached hydrogens (primary N) is 1. The number of hydrogen-bond acceptors (Lipinski definition) is 4. The molecule has 0 saturated heterocycles. The summed E-state index contributed by atoms with van der Waals surface area (Å²) in [6, 6.07) is 5.09. The zero-order valence-electron chi connectivity index (χ0n) is 8.75. The lowest BCUT2D eigenvalue weighted by Crippen LogP contribution is -2.37. The largest absolute Gasteiger partial charge is 0.468 e. The maximum Gasteiger partial charge on any atom is 0.325 e. The minimum absolute atomic E-state index is 0.461. The fourth-order valence-corrected chi connectivity index (χ4v) is 1.22. The Morgan fingerprint density at radius 2 is 2.06 bits per heavy atom. The lowest BCUT2D eigenvalue weighted by Gasteiger charge is -2.16. The number of methoxy groups -OCH3 is 1. The standard InChI is InChI=1S/C11H12N2O3/c1-13-8-5-3-7(4-6-8)10(14)9(12)11(15)16-2/h3-6,9-10,14H,12H2,2H3/t9-,10+/m0/s1. The summed E-state index contributed by atoms with van der Waals surface area (Å²) in [5, 5.41) is 9.75. The van der Waals surface area contributed by atoms with Crippen molar-refractivity contribution in [3.05, 3.63) is 41.2 Å². The van der Waals surface area contributed by atoms with E-state index in [2.05, 4.69) is 9.58 Å². The first-order valence-corrected chi connectivity index (χ1v) is 4.59. The predicted molar refractivity (Wildman–Crippen MR) is 57.7 cm³/mol. The van der Waals surface area contributed by atoms with Gasteiger partial charge in [-0.3, -0.25) is 4.79 Å². The Morgan fingerprint density at radius 3 is 2.50 bits per heavy atom. The first-order valence-electron chi connectivity index (χ1n) is 4.59. The summed E-state index contributed by atoms with van der Waals surface area (Å²) >= 11 is 0. The summed E-state index contributed by atoms with van der Waals surface area (Å²) in [7, 11) is 1.21. The van der Waals surface area contributed by atoms with Gasteiger partial charge in [-0.15, -0.1) is 0 Å². The lowest BCUT2D eigenvalue weighted by molar-refractivity contribution is -0.145. The van der Waals surface area contributed by atoms with Gasteiger partial charge < -0.3 is 15.6 Å². The van der Waals surface area contributed by atoms with Crippen LogP contribution in [0.25, 0.3) is 4.85 Å². The van der Waals surface area contributed by atoms with E-state index in [4.69, 9.17) is 12.3 Å². The maximum absolute atomic E-state index is 11.1. The zero-order chi connectivity index (χ0) is 12.1. The van der Waals surface area contributed by atoms with Crippen LogP contribution < -0.4 is 5.73 Å². The molecule has 0 fully saturated rings. The van der Waals surface area contributed by atoms with Crippen molar-refractivity contribution in [1.82, 2.24) is 0 Å². The number of aliphatic hydroxyl groups is 1. The molecule has 0 aliphatic carbocycles. The van der Waals surface area contributed by atoms with Gasteiger partial charge in [0.25, 0.3) is 0 Å². The van der Waals surface area contributed by atoms with E-state index in [1.165, 1.54) is 7.11 Å². The molecule has 1 aromatic rings. The third kappa shape index (κ3) is 2.57. The summed E-state index contributed by atoms with van der Waals surface area (Å²) < 4.78 is 4.43. The van der Waals surface area contributed by atoms with Gasteiger partial charge in [0.15, 0.2) is 5.69 Å². The molecule has 0 saturated carbocycles. The Labute approximate surface area is 93.3 Å². The molecular weight excluding hydrogens is 208 g/mol. The third-order valence-corrected chi connectivity index (χ3v) is 2.18. The van der Waals surface area contributed by atoms with Gasteiger partial charge in [-0.05, 0) is 5.56 Å². The van der Waals surface area contributed by atoms with Crippen LogP contribution in [0, 0.1) is 6.57 Å². The molecule has 0 spiro atoms. The van der Waals surface area contributed by atoms with E-state index in [9.17, 15) is 9.90 Å². The average molecular weight is 220 g/mol. The molecule has 5 heteroatoms. The highest BCUT2D eigenvalue weighted by Crippen LogP contribution is 2.20. The number of carbonyl (C=O) groups is 1. The third-order valence-electron chi connectivity index (χ3n) is 2.18. The molecule has 0 bridgehead atoms. The van der Waals surface area contributed by atoms with E-state index in [-0.39, 0.29) is 0 Å². The van der Waals surface area contributed by atoms with Gasteiger partial charge >= 0.3 is 5.97 Å². The van der Waals surface area contributed by atoms with E-state index in [1.54, 1.807) is 24.3 Å². The van der Waals surface area contributed by atoms with E-state index in [0.717, 1.165) is 0 Å². The Morgan fingerprint density at radius 1 is 1.50 bits per heavy atom. The van der Waals surface area contributed by atoms with Crippen molar-refractivity contribution in [2.75, 3.05) is 7.11 Å². The predicted octanol–water partition coefficient (Wildman–Crippen LogP) is 0.771. The van der Waals surface area contributed by atoms with Gasteiger partial charge in [0.2, 0.25) is 0 Å². The van der Waals surface area contributed by atoms with Crippen LogP contribution >= 0.6 is 0 Å². The Hall–Kier alpha value is -1.90. The molecule has 1 aromatic carbocycles. The number of hydrogen-bond donors (Lipinski definition) is 2. The van der Waals surface area contributed by atoms with E-state index in [1.807, 2.05) is 0 Å². The number of aliphatic hydroxyl groups excluding tert-OH is 1. The second-order valence-corrected chi connectivity index (χ2v) is 3.20. The Balaban J connectivity index is 2.84. The molecule has 5 nitrogen and oxygen atoms in total. The van der Waals surface area contributed by atoms with Crippen LogP contribution in [0.5, 0.6) is 0 Å². The smallest absolute Gasteiger partial charge is 0.325 e. The number of ether oxygens (including phenoxy) is 1. The van der Waals surface area contributed by atoms with Crippen molar-refractivity contribution in [3.8, 4) is 0 Å².